The second-order valence-corrected chi connectivity index (χ2v) is 5.15. The first-order valence-electron chi connectivity index (χ1n) is 6.90. The van der Waals surface area contributed by atoms with E-state index in [-0.39, 0.29) is 12.0 Å². The first kappa shape index (κ1) is 15.1. The lowest BCUT2D eigenvalue weighted by molar-refractivity contribution is 0.0146. The average Bonchev–Trinajstić information content (AvgIpc) is 2.47. The number of piperidine rings is 1. The summed E-state index contributed by atoms with van der Waals surface area (Å²) in [7, 11) is 1.75. The molecule has 6 heteroatoms. The van der Waals surface area contributed by atoms with Crippen LogP contribution < -0.4 is 5.32 Å². The normalized spacial score (nSPS) is 16.2. The van der Waals surface area contributed by atoms with E-state index in [0.717, 1.165) is 32.5 Å². The summed E-state index contributed by atoms with van der Waals surface area (Å²) < 4.78 is 5.59. The number of carbonyl (C=O) groups is 1. The number of amides is 1. The van der Waals surface area contributed by atoms with Gasteiger partial charge in [-0.2, -0.15) is 0 Å². The number of nitrogens with zero attached hydrogens (tertiary/aromatic N) is 2. The molecule has 2 rings (SSSR count). The Morgan fingerprint density at radius 3 is 2.80 bits per heavy atom. The van der Waals surface area contributed by atoms with Gasteiger partial charge in [0.05, 0.1) is 6.10 Å². The molecule has 0 spiro atoms. The van der Waals surface area contributed by atoms with Crippen LogP contribution >= 0.6 is 11.6 Å². The van der Waals surface area contributed by atoms with Crippen molar-refractivity contribution in [2.75, 3.05) is 32.1 Å². The van der Waals surface area contributed by atoms with Crippen LogP contribution in [-0.4, -0.2) is 48.6 Å². The minimum Gasteiger partial charge on any atom is -0.378 e. The molecule has 0 unspecified atom stereocenters. The summed E-state index contributed by atoms with van der Waals surface area (Å²) >= 11 is 5.93. The smallest absolute Gasteiger partial charge is 0.254 e. The Morgan fingerprint density at radius 1 is 1.50 bits per heavy atom. The highest BCUT2D eigenvalue weighted by molar-refractivity contribution is 6.29. The molecular weight excluding hydrogens is 278 g/mol. The fourth-order valence-corrected chi connectivity index (χ4v) is 2.60. The third-order valence-corrected chi connectivity index (χ3v) is 3.62. The second-order valence-electron chi connectivity index (χ2n) is 4.76. The van der Waals surface area contributed by atoms with Crippen LogP contribution in [0.5, 0.6) is 0 Å². The van der Waals surface area contributed by atoms with E-state index < -0.39 is 0 Å². The zero-order valence-electron chi connectivity index (χ0n) is 11.9. The van der Waals surface area contributed by atoms with Gasteiger partial charge >= 0.3 is 0 Å². The minimum absolute atomic E-state index is 0.000693. The Labute approximate surface area is 124 Å². The quantitative estimate of drug-likeness (QED) is 0.867. The average molecular weight is 298 g/mol. The molecule has 0 aliphatic carbocycles. The van der Waals surface area contributed by atoms with Crippen molar-refractivity contribution in [3.8, 4) is 0 Å². The molecule has 20 heavy (non-hydrogen) atoms. The topological polar surface area (TPSA) is 54.5 Å². The molecule has 0 aromatic carbocycles. The van der Waals surface area contributed by atoms with Gasteiger partial charge in [-0.1, -0.05) is 11.6 Å². The zero-order valence-corrected chi connectivity index (χ0v) is 12.6. The summed E-state index contributed by atoms with van der Waals surface area (Å²) in [5, 5.41) is 3.23. The van der Waals surface area contributed by atoms with Crippen molar-refractivity contribution in [3.63, 3.8) is 0 Å². The Balaban J connectivity index is 2.03. The van der Waals surface area contributed by atoms with E-state index in [1.165, 1.54) is 0 Å². The Kier molecular flexibility index (Phi) is 5.20. The molecule has 1 amide bonds. The Hall–Kier alpha value is -1.33. The number of ether oxygens (including phenoxy) is 1. The van der Waals surface area contributed by atoms with Crippen LogP contribution in [0.15, 0.2) is 12.1 Å². The van der Waals surface area contributed by atoms with Gasteiger partial charge in [-0.15, -0.1) is 0 Å². The van der Waals surface area contributed by atoms with E-state index in [9.17, 15) is 4.79 Å². The van der Waals surface area contributed by atoms with Crippen molar-refractivity contribution in [1.82, 2.24) is 9.88 Å². The molecule has 5 nitrogen and oxygen atoms in total. The molecule has 1 aliphatic rings. The summed E-state index contributed by atoms with van der Waals surface area (Å²) in [4.78, 5) is 18.4. The van der Waals surface area contributed by atoms with E-state index >= 15 is 0 Å². The number of halogens is 1. The van der Waals surface area contributed by atoms with E-state index in [1.54, 1.807) is 19.2 Å². The molecule has 1 aliphatic heterocycles. The van der Waals surface area contributed by atoms with Gasteiger partial charge < -0.3 is 15.0 Å². The highest BCUT2D eigenvalue weighted by atomic mass is 35.5. The lowest BCUT2D eigenvalue weighted by Gasteiger charge is -2.31. The SMILES string of the molecule is CCOC1CCN(C(=O)c2cc(Cl)nc(NC)c2)CC1. The van der Waals surface area contributed by atoms with Crippen LogP contribution in [0.1, 0.15) is 30.1 Å². The van der Waals surface area contributed by atoms with E-state index in [2.05, 4.69) is 10.3 Å². The molecule has 0 atom stereocenters. The number of nitrogens with one attached hydrogen (secondary N) is 1. The number of anilines is 1. The molecule has 0 radical (unpaired) electrons. The maximum absolute atomic E-state index is 12.5. The third kappa shape index (κ3) is 3.61. The van der Waals surface area contributed by atoms with Gasteiger partial charge in [0, 0.05) is 32.3 Å². The van der Waals surface area contributed by atoms with Crippen molar-refractivity contribution in [2.45, 2.75) is 25.9 Å². The Morgan fingerprint density at radius 2 is 2.20 bits per heavy atom. The number of hydrogen-bond acceptors (Lipinski definition) is 4. The van der Waals surface area contributed by atoms with Gasteiger partial charge in [0.1, 0.15) is 11.0 Å². The van der Waals surface area contributed by atoms with E-state index in [4.69, 9.17) is 16.3 Å². The third-order valence-electron chi connectivity index (χ3n) is 3.43. The van der Waals surface area contributed by atoms with Crippen LogP contribution in [0, 0.1) is 0 Å². The second kappa shape index (κ2) is 6.90. The fourth-order valence-electron chi connectivity index (χ4n) is 2.39. The predicted octanol–water partition coefficient (Wildman–Crippen LogP) is 2.42. The largest absolute Gasteiger partial charge is 0.378 e. The molecule has 1 saturated heterocycles. The van der Waals surface area contributed by atoms with Crippen molar-refractivity contribution in [2.24, 2.45) is 0 Å². The van der Waals surface area contributed by atoms with Crippen LogP contribution in [-0.2, 0) is 4.74 Å². The predicted molar refractivity (Wildman–Crippen MR) is 79.3 cm³/mol. The lowest BCUT2D eigenvalue weighted by Crippen LogP contribution is -2.40. The Bertz CT molecular complexity index is 473. The highest BCUT2D eigenvalue weighted by Crippen LogP contribution is 2.19. The standard InChI is InChI=1S/C14H20ClN3O2/c1-3-20-11-4-6-18(7-5-11)14(19)10-8-12(15)17-13(9-10)16-2/h8-9,11H,3-7H2,1-2H3,(H,16,17). The number of aromatic nitrogens is 1. The van der Waals surface area contributed by atoms with Crippen LogP contribution in [0.3, 0.4) is 0 Å². The number of rotatable bonds is 4. The number of likely N-dealkylation sites (tertiary alicyclic amines) is 1. The molecule has 1 N–H and O–H groups in total. The van der Waals surface area contributed by atoms with Gasteiger partial charge in [-0.05, 0) is 31.9 Å². The van der Waals surface area contributed by atoms with E-state index in [1.807, 2.05) is 11.8 Å². The van der Waals surface area contributed by atoms with Crippen molar-refractivity contribution in [3.05, 3.63) is 22.8 Å². The summed E-state index contributed by atoms with van der Waals surface area (Å²) in [6.45, 7) is 4.16. The summed E-state index contributed by atoms with van der Waals surface area (Å²) in [6, 6.07) is 3.34. The summed E-state index contributed by atoms with van der Waals surface area (Å²) in [5.41, 5.74) is 0.573. The maximum atomic E-state index is 12.5. The van der Waals surface area contributed by atoms with E-state index in [0.29, 0.717) is 16.5 Å². The summed E-state index contributed by atoms with van der Waals surface area (Å²) in [6.07, 6.45) is 2.05. The molecule has 1 aromatic heterocycles. The first-order valence-corrected chi connectivity index (χ1v) is 7.28. The number of hydrogen-bond donors (Lipinski definition) is 1. The molecule has 110 valence electrons. The molecule has 0 bridgehead atoms. The zero-order chi connectivity index (χ0) is 14.5. The van der Waals surface area contributed by atoms with Crippen LogP contribution in [0.25, 0.3) is 0 Å². The fraction of sp³-hybridized carbons (Fsp3) is 0.571. The minimum atomic E-state index is 0.000693. The first-order chi connectivity index (χ1) is 9.63. The van der Waals surface area contributed by atoms with Gasteiger partial charge in [0.15, 0.2) is 0 Å². The van der Waals surface area contributed by atoms with Gasteiger partial charge in [-0.25, -0.2) is 4.98 Å². The van der Waals surface area contributed by atoms with Crippen molar-refractivity contribution >= 4 is 23.3 Å². The molecule has 0 saturated carbocycles. The number of pyridine rings is 1. The van der Waals surface area contributed by atoms with Gasteiger partial charge in [-0.3, -0.25) is 4.79 Å². The van der Waals surface area contributed by atoms with Gasteiger partial charge in [0.2, 0.25) is 0 Å². The number of carbonyl (C=O) groups excluding carboxylic acids is 1. The molecule has 1 aromatic rings. The molecule has 2 heterocycles. The van der Waals surface area contributed by atoms with Crippen LogP contribution in [0.4, 0.5) is 5.82 Å². The summed E-state index contributed by atoms with van der Waals surface area (Å²) in [5.74, 6) is 0.603. The van der Waals surface area contributed by atoms with Crippen molar-refractivity contribution < 1.29 is 9.53 Å². The maximum Gasteiger partial charge on any atom is 0.254 e. The monoisotopic (exact) mass is 297 g/mol. The molecule has 1 fully saturated rings. The van der Waals surface area contributed by atoms with Crippen molar-refractivity contribution in [1.29, 1.82) is 0 Å². The molecular formula is C14H20ClN3O2. The van der Waals surface area contributed by atoms with Gasteiger partial charge in [0.25, 0.3) is 5.91 Å². The highest BCUT2D eigenvalue weighted by Gasteiger charge is 2.24. The van der Waals surface area contributed by atoms with Crippen LogP contribution in [0.2, 0.25) is 5.15 Å². The lowest BCUT2D eigenvalue weighted by atomic mass is 10.1.